The SMILES string of the molecule is Cc1ncc(COP(=O)(N[C@@H](C)C(=O)Oc2ccc3c(c2)CCCC3)Oc2ccccc2)c(C=O)c1O. The number of benzene rings is 2. The van der Waals surface area contributed by atoms with Gasteiger partial charge in [-0.25, -0.2) is 9.36 Å². The van der Waals surface area contributed by atoms with Gasteiger partial charge in [0, 0.05) is 11.8 Å². The third-order valence-electron chi connectivity index (χ3n) is 6.08. The number of hydrogen-bond acceptors (Lipinski definition) is 8. The van der Waals surface area contributed by atoms with Crippen LogP contribution in [-0.4, -0.2) is 28.4 Å². The highest BCUT2D eigenvalue weighted by Gasteiger charge is 2.33. The number of aldehydes is 1. The summed E-state index contributed by atoms with van der Waals surface area (Å²) in [4.78, 5) is 28.4. The van der Waals surface area contributed by atoms with Crippen molar-refractivity contribution in [2.75, 3.05) is 0 Å². The van der Waals surface area contributed by atoms with E-state index in [1.54, 1.807) is 43.3 Å². The van der Waals surface area contributed by atoms with Gasteiger partial charge < -0.3 is 14.4 Å². The van der Waals surface area contributed by atoms with Gasteiger partial charge >= 0.3 is 13.7 Å². The van der Waals surface area contributed by atoms with Crippen molar-refractivity contribution in [3.8, 4) is 17.2 Å². The van der Waals surface area contributed by atoms with Gasteiger partial charge in [-0.15, -0.1) is 0 Å². The molecule has 1 aliphatic rings. The van der Waals surface area contributed by atoms with Crippen LogP contribution in [0.25, 0.3) is 0 Å². The van der Waals surface area contributed by atoms with Crippen molar-refractivity contribution in [2.24, 2.45) is 0 Å². The molecule has 2 N–H and O–H groups in total. The molecule has 1 aliphatic carbocycles. The molecule has 1 heterocycles. The Morgan fingerprint density at radius 3 is 2.59 bits per heavy atom. The third-order valence-corrected chi connectivity index (χ3v) is 7.70. The number of aromatic nitrogens is 1. The largest absolute Gasteiger partial charge is 0.505 e. The minimum absolute atomic E-state index is 0.0290. The van der Waals surface area contributed by atoms with Crippen LogP contribution in [0.2, 0.25) is 0 Å². The lowest BCUT2D eigenvalue weighted by Crippen LogP contribution is -2.36. The number of para-hydroxylation sites is 1. The van der Waals surface area contributed by atoms with Gasteiger partial charge in [-0.1, -0.05) is 24.3 Å². The Morgan fingerprint density at radius 2 is 1.86 bits per heavy atom. The summed E-state index contributed by atoms with van der Waals surface area (Å²) >= 11 is 0. The molecule has 0 saturated heterocycles. The first kappa shape index (κ1) is 26.5. The van der Waals surface area contributed by atoms with E-state index in [1.807, 2.05) is 12.1 Å². The van der Waals surface area contributed by atoms with Crippen LogP contribution in [0, 0.1) is 6.92 Å². The number of aromatic hydroxyl groups is 1. The quantitative estimate of drug-likeness (QED) is 0.162. The fourth-order valence-electron chi connectivity index (χ4n) is 4.03. The molecular formula is C27H29N2O7P. The van der Waals surface area contributed by atoms with E-state index in [4.69, 9.17) is 13.8 Å². The molecule has 10 heteroatoms. The molecule has 0 saturated carbocycles. The molecule has 0 aliphatic heterocycles. The summed E-state index contributed by atoms with van der Waals surface area (Å²) < 4.78 is 30.5. The van der Waals surface area contributed by atoms with E-state index < -0.39 is 19.8 Å². The number of nitrogens with one attached hydrogen (secondary N) is 1. The van der Waals surface area contributed by atoms with Crippen LogP contribution in [0.5, 0.6) is 17.2 Å². The van der Waals surface area contributed by atoms with Crippen LogP contribution >= 0.6 is 7.75 Å². The molecule has 0 bridgehead atoms. The van der Waals surface area contributed by atoms with E-state index in [0.717, 1.165) is 25.7 Å². The van der Waals surface area contributed by atoms with E-state index in [9.17, 15) is 19.3 Å². The number of ether oxygens (including phenoxy) is 1. The number of aryl methyl sites for hydroxylation is 3. The van der Waals surface area contributed by atoms with Gasteiger partial charge in [0.05, 0.1) is 17.9 Å². The Labute approximate surface area is 215 Å². The number of carbonyl (C=O) groups is 2. The molecular weight excluding hydrogens is 495 g/mol. The number of nitrogens with zero attached hydrogens (tertiary/aromatic N) is 1. The van der Waals surface area contributed by atoms with Crippen molar-refractivity contribution in [2.45, 2.75) is 52.2 Å². The minimum Gasteiger partial charge on any atom is -0.505 e. The zero-order valence-electron chi connectivity index (χ0n) is 20.7. The second-order valence-corrected chi connectivity index (χ2v) is 10.5. The van der Waals surface area contributed by atoms with E-state index in [-0.39, 0.29) is 34.9 Å². The smallest absolute Gasteiger partial charge is 0.459 e. The lowest BCUT2D eigenvalue weighted by Gasteiger charge is -2.23. The fraction of sp³-hybridized carbons (Fsp3) is 0.296. The normalized spacial score (nSPS) is 15.2. The van der Waals surface area contributed by atoms with Crippen LogP contribution in [0.1, 0.15) is 52.5 Å². The summed E-state index contributed by atoms with van der Waals surface area (Å²) in [6.07, 6.45) is 6.01. The average molecular weight is 525 g/mol. The molecule has 0 spiro atoms. The van der Waals surface area contributed by atoms with E-state index in [0.29, 0.717) is 12.0 Å². The molecule has 1 unspecified atom stereocenters. The van der Waals surface area contributed by atoms with Gasteiger partial charge in [-0.2, -0.15) is 5.09 Å². The molecule has 0 fully saturated rings. The Morgan fingerprint density at radius 1 is 1.14 bits per heavy atom. The van der Waals surface area contributed by atoms with E-state index in [1.165, 1.54) is 24.2 Å². The van der Waals surface area contributed by atoms with Gasteiger partial charge in [0.15, 0.2) is 6.29 Å². The number of carbonyl (C=O) groups excluding carboxylic acids is 2. The highest BCUT2D eigenvalue weighted by molar-refractivity contribution is 7.52. The van der Waals surface area contributed by atoms with Gasteiger partial charge in [0.1, 0.15) is 23.3 Å². The second kappa shape index (κ2) is 11.7. The number of rotatable bonds is 10. The van der Waals surface area contributed by atoms with Gasteiger partial charge in [-0.3, -0.25) is 14.3 Å². The molecule has 0 radical (unpaired) electrons. The summed E-state index contributed by atoms with van der Waals surface area (Å²) in [5.41, 5.74) is 2.88. The maximum atomic E-state index is 13.7. The first-order chi connectivity index (χ1) is 17.8. The third kappa shape index (κ3) is 6.63. The van der Waals surface area contributed by atoms with Crippen LogP contribution < -0.4 is 14.3 Å². The first-order valence-corrected chi connectivity index (χ1v) is 13.6. The minimum atomic E-state index is -4.17. The van der Waals surface area contributed by atoms with E-state index in [2.05, 4.69) is 10.1 Å². The highest BCUT2D eigenvalue weighted by Crippen LogP contribution is 2.46. The van der Waals surface area contributed by atoms with Crippen LogP contribution in [0.4, 0.5) is 0 Å². The Bertz CT molecular complexity index is 1330. The Hall–Kier alpha value is -3.52. The molecule has 3 aromatic rings. The highest BCUT2D eigenvalue weighted by atomic mass is 31.2. The van der Waals surface area contributed by atoms with Crippen LogP contribution in [-0.2, 0) is 33.3 Å². The standard InChI is InChI=1S/C27H29N2O7P/c1-18-26(31)25(16-30)22(15-28-18)17-34-37(33,36-23-10-4-3-5-11-23)29-19(2)27(32)35-24-13-12-20-8-6-7-9-21(20)14-24/h3-5,10-16,19,31H,6-9,17H2,1-2H3,(H,29,33)/t19-,37?/m0/s1. The van der Waals surface area contributed by atoms with Crippen molar-refractivity contribution in [3.63, 3.8) is 0 Å². The van der Waals surface area contributed by atoms with E-state index >= 15 is 0 Å². The van der Waals surface area contributed by atoms with Gasteiger partial charge in [0.25, 0.3) is 0 Å². The van der Waals surface area contributed by atoms with Crippen molar-refractivity contribution in [1.29, 1.82) is 0 Å². The molecule has 2 aromatic carbocycles. The van der Waals surface area contributed by atoms with Crippen LogP contribution in [0.3, 0.4) is 0 Å². The molecule has 0 amide bonds. The van der Waals surface area contributed by atoms with Gasteiger partial charge in [0.2, 0.25) is 0 Å². The van der Waals surface area contributed by atoms with Crippen molar-refractivity contribution >= 4 is 20.0 Å². The first-order valence-electron chi connectivity index (χ1n) is 12.0. The van der Waals surface area contributed by atoms with Crippen LogP contribution in [0.15, 0.2) is 54.7 Å². The monoisotopic (exact) mass is 524 g/mol. The predicted molar refractivity (Wildman–Crippen MR) is 137 cm³/mol. The molecule has 37 heavy (non-hydrogen) atoms. The maximum absolute atomic E-state index is 13.7. The second-order valence-electron chi connectivity index (χ2n) is 8.83. The molecule has 1 aromatic heterocycles. The zero-order chi connectivity index (χ0) is 26.4. The zero-order valence-corrected chi connectivity index (χ0v) is 21.6. The molecule has 2 atom stereocenters. The number of pyridine rings is 1. The maximum Gasteiger partial charge on any atom is 0.459 e. The van der Waals surface area contributed by atoms with Crippen molar-refractivity contribution < 1.29 is 33.0 Å². The molecule has 4 rings (SSSR count). The fourth-order valence-corrected chi connectivity index (χ4v) is 5.50. The number of hydrogen-bond donors (Lipinski definition) is 2. The van der Waals surface area contributed by atoms with Gasteiger partial charge in [-0.05, 0) is 74.9 Å². The number of fused-ring (bicyclic) bond motifs is 1. The summed E-state index contributed by atoms with van der Waals surface area (Å²) in [5, 5.41) is 12.8. The predicted octanol–water partition coefficient (Wildman–Crippen LogP) is 5.07. The Balaban J connectivity index is 1.50. The lowest BCUT2D eigenvalue weighted by atomic mass is 9.92. The molecule has 194 valence electrons. The summed E-state index contributed by atoms with van der Waals surface area (Å²) in [5.74, 6) is -0.297. The summed E-state index contributed by atoms with van der Waals surface area (Å²) in [7, 11) is -4.17. The lowest BCUT2D eigenvalue weighted by molar-refractivity contribution is -0.136. The average Bonchev–Trinajstić information content (AvgIpc) is 2.89. The number of esters is 1. The van der Waals surface area contributed by atoms with Crippen molar-refractivity contribution in [1.82, 2.24) is 10.1 Å². The van der Waals surface area contributed by atoms with Crippen molar-refractivity contribution in [3.05, 3.63) is 82.7 Å². The Kier molecular flexibility index (Phi) is 8.38. The summed E-state index contributed by atoms with van der Waals surface area (Å²) in [6.45, 7) is 2.66. The molecule has 9 nitrogen and oxygen atoms in total. The topological polar surface area (TPSA) is 124 Å². The summed E-state index contributed by atoms with van der Waals surface area (Å²) in [6, 6.07) is 12.9.